The third-order valence-electron chi connectivity index (χ3n) is 2.73. The summed E-state index contributed by atoms with van der Waals surface area (Å²) in [6.45, 7) is 2.82. The minimum absolute atomic E-state index is 0.0492. The number of aromatic nitrogens is 3. The van der Waals surface area contributed by atoms with E-state index >= 15 is 0 Å². The summed E-state index contributed by atoms with van der Waals surface area (Å²) in [7, 11) is 1.84. The van der Waals surface area contributed by atoms with Gasteiger partial charge in [-0.05, 0) is 40.2 Å². The molecule has 0 aliphatic heterocycles. The average molecular weight is 313 g/mol. The van der Waals surface area contributed by atoms with Crippen LogP contribution >= 0.6 is 15.9 Å². The van der Waals surface area contributed by atoms with E-state index in [4.69, 9.17) is 0 Å². The van der Waals surface area contributed by atoms with Crippen molar-refractivity contribution >= 4 is 15.9 Å². The van der Waals surface area contributed by atoms with Crippen molar-refractivity contribution < 1.29 is 4.39 Å². The van der Waals surface area contributed by atoms with E-state index in [0.717, 1.165) is 17.8 Å². The zero-order valence-corrected chi connectivity index (χ0v) is 11.8. The van der Waals surface area contributed by atoms with Gasteiger partial charge >= 0.3 is 0 Å². The Morgan fingerprint density at radius 2 is 2.28 bits per heavy atom. The largest absolute Gasteiger partial charge is 0.305 e. The van der Waals surface area contributed by atoms with Crippen LogP contribution in [0, 0.1) is 5.82 Å². The van der Waals surface area contributed by atoms with Gasteiger partial charge in [-0.15, -0.1) is 5.10 Å². The first kappa shape index (κ1) is 13.2. The highest BCUT2D eigenvalue weighted by atomic mass is 79.9. The van der Waals surface area contributed by atoms with Gasteiger partial charge in [0.15, 0.2) is 0 Å². The van der Waals surface area contributed by atoms with E-state index in [2.05, 4.69) is 31.6 Å². The van der Waals surface area contributed by atoms with Crippen molar-refractivity contribution in [1.82, 2.24) is 20.3 Å². The molecule has 0 saturated heterocycles. The van der Waals surface area contributed by atoms with E-state index < -0.39 is 0 Å². The summed E-state index contributed by atoms with van der Waals surface area (Å²) in [6, 6.07) is 4.94. The van der Waals surface area contributed by atoms with E-state index in [1.807, 2.05) is 14.0 Å². The molecule has 18 heavy (non-hydrogen) atoms. The van der Waals surface area contributed by atoms with Crippen LogP contribution in [0.15, 0.2) is 28.9 Å². The molecule has 4 nitrogen and oxygen atoms in total. The molecule has 1 aromatic heterocycles. The van der Waals surface area contributed by atoms with Crippen LogP contribution in [-0.2, 0) is 7.05 Å². The minimum atomic E-state index is -0.267. The normalized spacial score (nSPS) is 12.7. The van der Waals surface area contributed by atoms with Crippen molar-refractivity contribution in [2.75, 3.05) is 6.54 Å². The molecule has 0 radical (unpaired) electrons. The second-order valence-electron chi connectivity index (χ2n) is 3.95. The first-order valence-electron chi connectivity index (χ1n) is 5.66. The van der Waals surface area contributed by atoms with E-state index in [1.165, 1.54) is 6.07 Å². The lowest BCUT2D eigenvalue weighted by molar-refractivity contribution is 0.565. The Bertz CT molecular complexity index is 541. The number of halogens is 2. The van der Waals surface area contributed by atoms with Crippen LogP contribution in [0.2, 0.25) is 0 Å². The molecule has 2 rings (SSSR count). The predicted molar refractivity (Wildman–Crippen MR) is 70.6 cm³/mol. The summed E-state index contributed by atoms with van der Waals surface area (Å²) in [6.07, 6.45) is 1.71. The highest BCUT2D eigenvalue weighted by molar-refractivity contribution is 9.10. The third-order valence-corrected chi connectivity index (χ3v) is 3.34. The van der Waals surface area contributed by atoms with Gasteiger partial charge in [-0.3, -0.25) is 4.68 Å². The molecular formula is C12H14BrFN4. The summed E-state index contributed by atoms with van der Waals surface area (Å²) in [5, 5.41) is 11.1. The fourth-order valence-electron chi connectivity index (χ4n) is 1.85. The maximum Gasteiger partial charge on any atom is 0.137 e. The number of hydrogen-bond donors (Lipinski definition) is 1. The van der Waals surface area contributed by atoms with Gasteiger partial charge in [-0.1, -0.05) is 18.2 Å². The fourth-order valence-corrected chi connectivity index (χ4v) is 2.24. The Hall–Kier alpha value is -1.27. The van der Waals surface area contributed by atoms with Crippen LogP contribution < -0.4 is 5.32 Å². The average Bonchev–Trinajstić information content (AvgIpc) is 2.76. The van der Waals surface area contributed by atoms with Gasteiger partial charge in [-0.2, -0.15) is 0 Å². The maximum atomic E-state index is 13.3. The van der Waals surface area contributed by atoms with Gasteiger partial charge in [0, 0.05) is 7.05 Å². The summed E-state index contributed by atoms with van der Waals surface area (Å²) >= 11 is 3.21. The maximum absolute atomic E-state index is 13.3. The van der Waals surface area contributed by atoms with Crippen molar-refractivity contribution in [3.63, 3.8) is 0 Å². The SMILES string of the molecule is CCNC(c1ccc(F)c(Br)c1)c1cnnn1C. The summed E-state index contributed by atoms with van der Waals surface area (Å²) in [5.74, 6) is -0.267. The lowest BCUT2D eigenvalue weighted by atomic mass is 10.0. The Labute approximate surface area is 113 Å². The van der Waals surface area contributed by atoms with E-state index in [1.54, 1.807) is 23.0 Å². The van der Waals surface area contributed by atoms with Crippen LogP contribution in [0.3, 0.4) is 0 Å². The van der Waals surface area contributed by atoms with Crippen LogP contribution in [0.4, 0.5) is 4.39 Å². The number of nitrogens with zero attached hydrogens (tertiary/aromatic N) is 3. The number of nitrogens with one attached hydrogen (secondary N) is 1. The molecule has 0 aliphatic carbocycles. The van der Waals surface area contributed by atoms with Crippen molar-refractivity contribution in [3.05, 3.63) is 45.9 Å². The van der Waals surface area contributed by atoms with Gasteiger partial charge in [0.05, 0.1) is 22.4 Å². The fraction of sp³-hybridized carbons (Fsp3) is 0.333. The third kappa shape index (κ3) is 2.59. The smallest absolute Gasteiger partial charge is 0.137 e. The molecule has 0 amide bonds. The lowest BCUT2D eigenvalue weighted by Crippen LogP contribution is -2.24. The zero-order valence-electron chi connectivity index (χ0n) is 10.2. The molecule has 0 saturated carbocycles. The van der Waals surface area contributed by atoms with Crippen LogP contribution in [0.25, 0.3) is 0 Å². The molecule has 2 aromatic rings. The highest BCUT2D eigenvalue weighted by Gasteiger charge is 2.17. The summed E-state index contributed by atoms with van der Waals surface area (Å²) < 4.78 is 15.4. The summed E-state index contributed by atoms with van der Waals surface area (Å²) in [5.41, 5.74) is 1.91. The van der Waals surface area contributed by atoms with Crippen LogP contribution in [0.1, 0.15) is 24.2 Å². The molecule has 6 heteroatoms. The van der Waals surface area contributed by atoms with Gasteiger partial charge in [0.2, 0.25) is 0 Å². The Morgan fingerprint density at radius 3 is 2.83 bits per heavy atom. The second-order valence-corrected chi connectivity index (χ2v) is 4.80. The Kier molecular flexibility index (Phi) is 4.08. The molecule has 1 atom stereocenters. The molecular weight excluding hydrogens is 299 g/mol. The van der Waals surface area contributed by atoms with Crippen LogP contribution in [-0.4, -0.2) is 21.5 Å². The summed E-state index contributed by atoms with van der Waals surface area (Å²) in [4.78, 5) is 0. The van der Waals surface area contributed by atoms with Gasteiger partial charge in [-0.25, -0.2) is 4.39 Å². The quantitative estimate of drug-likeness (QED) is 0.943. The molecule has 1 heterocycles. The van der Waals surface area contributed by atoms with Gasteiger partial charge in [0.25, 0.3) is 0 Å². The van der Waals surface area contributed by atoms with Crippen molar-refractivity contribution in [2.24, 2.45) is 7.05 Å². The molecule has 1 aromatic carbocycles. The first-order valence-corrected chi connectivity index (χ1v) is 6.45. The molecule has 0 aliphatic rings. The van der Waals surface area contributed by atoms with Crippen LogP contribution in [0.5, 0.6) is 0 Å². The molecule has 0 spiro atoms. The number of aryl methyl sites for hydroxylation is 1. The molecule has 96 valence electrons. The second kappa shape index (κ2) is 5.58. The molecule has 0 fully saturated rings. The standard InChI is InChI=1S/C12H14BrFN4/c1-3-15-12(11-7-16-17-18(11)2)8-4-5-10(14)9(13)6-8/h4-7,12,15H,3H2,1-2H3. The van der Waals surface area contributed by atoms with E-state index in [-0.39, 0.29) is 11.9 Å². The Balaban J connectivity index is 2.41. The monoisotopic (exact) mass is 312 g/mol. The zero-order chi connectivity index (χ0) is 13.1. The van der Waals surface area contributed by atoms with Crippen molar-refractivity contribution in [2.45, 2.75) is 13.0 Å². The molecule has 1 N–H and O–H groups in total. The molecule has 0 bridgehead atoms. The van der Waals surface area contributed by atoms with E-state index in [9.17, 15) is 4.39 Å². The van der Waals surface area contributed by atoms with Gasteiger partial charge < -0.3 is 5.32 Å². The lowest BCUT2D eigenvalue weighted by Gasteiger charge is -2.18. The number of hydrogen-bond acceptors (Lipinski definition) is 3. The highest BCUT2D eigenvalue weighted by Crippen LogP contribution is 2.25. The first-order chi connectivity index (χ1) is 8.63. The van der Waals surface area contributed by atoms with Gasteiger partial charge in [0.1, 0.15) is 5.82 Å². The van der Waals surface area contributed by atoms with Crippen molar-refractivity contribution in [1.29, 1.82) is 0 Å². The Morgan fingerprint density at radius 1 is 1.50 bits per heavy atom. The van der Waals surface area contributed by atoms with E-state index in [0.29, 0.717) is 4.47 Å². The minimum Gasteiger partial charge on any atom is -0.305 e. The molecule has 1 unspecified atom stereocenters. The van der Waals surface area contributed by atoms with Crippen molar-refractivity contribution in [3.8, 4) is 0 Å². The predicted octanol–water partition coefficient (Wildman–Crippen LogP) is 2.42. The number of rotatable bonds is 4. The number of benzene rings is 1. The topological polar surface area (TPSA) is 42.7 Å².